The average molecular weight is 228 g/mol. The van der Waals surface area contributed by atoms with E-state index in [0.717, 1.165) is 12.0 Å². The summed E-state index contributed by atoms with van der Waals surface area (Å²) in [6.45, 7) is 10.8. The van der Waals surface area contributed by atoms with Gasteiger partial charge in [-0.25, -0.2) is 8.78 Å². The van der Waals surface area contributed by atoms with Crippen molar-refractivity contribution in [3.8, 4) is 0 Å². The van der Waals surface area contributed by atoms with Crippen LogP contribution in [-0.4, -0.2) is 0 Å². The van der Waals surface area contributed by atoms with E-state index in [1.165, 1.54) is 6.08 Å². The number of halogens is 2. The van der Waals surface area contributed by atoms with Crippen molar-refractivity contribution in [2.45, 2.75) is 47.0 Å². The summed E-state index contributed by atoms with van der Waals surface area (Å²) in [5.41, 5.74) is 1.19. The minimum atomic E-state index is -0.474. The average Bonchev–Trinajstić information content (AvgIpc) is 2.26. The highest BCUT2D eigenvalue weighted by molar-refractivity contribution is 5.35. The van der Waals surface area contributed by atoms with Gasteiger partial charge in [0.05, 0.1) is 5.83 Å². The normalized spacial score (nSPS) is 15.8. The summed E-state index contributed by atoms with van der Waals surface area (Å²) in [7, 11) is 0. The summed E-state index contributed by atoms with van der Waals surface area (Å²) in [5.74, 6) is -0.262. The van der Waals surface area contributed by atoms with Crippen LogP contribution >= 0.6 is 0 Å². The first-order chi connectivity index (χ1) is 7.42. The van der Waals surface area contributed by atoms with Crippen LogP contribution in [0.4, 0.5) is 8.78 Å². The van der Waals surface area contributed by atoms with Crippen LogP contribution in [0.15, 0.2) is 35.5 Å². The largest absolute Gasteiger partial charge is 0.212 e. The van der Waals surface area contributed by atoms with Crippen molar-refractivity contribution in [2.75, 3.05) is 0 Å². The molecule has 0 radical (unpaired) electrons. The summed E-state index contributed by atoms with van der Waals surface area (Å²) >= 11 is 0. The molecule has 1 atom stereocenters. The van der Waals surface area contributed by atoms with Crippen LogP contribution in [0.3, 0.4) is 0 Å². The number of rotatable bonds is 6. The SMILES string of the molecule is C=C(F)/C(C)=C(\C=C(\F)CC)CC(C)CC. The number of hydrogen-bond acceptors (Lipinski definition) is 0. The second kappa shape index (κ2) is 7.37. The predicted octanol–water partition coefficient (Wildman–Crippen LogP) is 5.49. The van der Waals surface area contributed by atoms with E-state index in [9.17, 15) is 8.78 Å². The van der Waals surface area contributed by atoms with Crippen LogP contribution in [0.2, 0.25) is 0 Å². The number of hydrogen-bond donors (Lipinski definition) is 0. The lowest BCUT2D eigenvalue weighted by Gasteiger charge is -2.12. The fourth-order valence-electron chi connectivity index (χ4n) is 1.31. The molecule has 92 valence electrons. The molecule has 0 fully saturated rings. The molecule has 0 bridgehead atoms. The molecule has 0 aliphatic heterocycles. The lowest BCUT2D eigenvalue weighted by molar-refractivity contribution is 0.551. The molecule has 0 nitrogen and oxygen atoms in total. The van der Waals surface area contributed by atoms with Gasteiger partial charge in [0.2, 0.25) is 0 Å². The van der Waals surface area contributed by atoms with Gasteiger partial charge in [0, 0.05) is 0 Å². The van der Waals surface area contributed by atoms with E-state index in [2.05, 4.69) is 20.4 Å². The summed E-state index contributed by atoms with van der Waals surface area (Å²) in [4.78, 5) is 0. The Morgan fingerprint density at radius 2 is 1.88 bits per heavy atom. The highest BCUT2D eigenvalue weighted by atomic mass is 19.1. The van der Waals surface area contributed by atoms with Crippen molar-refractivity contribution in [3.63, 3.8) is 0 Å². The fraction of sp³-hybridized carbons (Fsp3) is 0.571. The second-order valence-electron chi connectivity index (χ2n) is 4.22. The molecule has 0 heterocycles. The molecule has 0 aliphatic rings. The zero-order valence-electron chi connectivity index (χ0n) is 10.7. The molecular weight excluding hydrogens is 206 g/mol. The van der Waals surface area contributed by atoms with Crippen molar-refractivity contribution < 1.29 is 8.78 Å². The molecule has 0 amide bonds. The highest BCUT2D eigenvalue weighted by Crippen LogP contribution is 2.25. The molecule has 0 spiro atoms. The van der Waals surface area contributed by atoms with Crippen LogP contribution in [-0.2, 0) is 0 Å². The Balaban J connectivity index is 5.06. The van der Waals surface area contributed by atoms with Crippen molar-refractivity contribution >= 4 is 0 Å². The van der Waals surface area contributed by atoms with Crippen LogP contribution in [0.1, 0.15) is 47.0 Å². The maximum Gasteiger partial charge on any atom is 0.119 e. The summed E-state index contributed by atoms with van der Waals surface area (Å²) in [6, 6.07) is 0. The molecule has 0 saturated heterocycles. The van der Waals surface area contributed by atoms with Crippen LogP contribution in [0.5, 0.6) is 0 Å². The fourth-order valence-corrected chi connectivity index (χ4v) is 1.31. The Bertz CT molecular complexity index is 298. The molecule has 0 aliphatic carbocycles. The predicted molar refractivity (Wildman–Crippen MR) is 66.5 cm³/mol. The Kier molecular flexibility index (Phi) is 6.95. The maximum atomic E-state index is 13.2. The Hall–Kier alpha value is -0.920. The van der Waals surface area contributed by atoms with E-state index in [-0.39, 0.29) is 5.83 Å². The van der Waals surface area contributed by atoms with E-state index in [1.807, 2.05) is 0 Å². The van der Waals surface area contributed by atoms with E-state index < -0.39 is 5.83 Å². The lowest BCUT2D eigenvalue weighted by atomic mass is 9.94. The van der Waals surface area contributed by atoms with Crippen molar-refractivity contribution in [1.82, 2.24) is 0 Å². The van der Waals surface area contributed by atoms with Crippen LogP contribution < -0.4 is 0 Å². The van der Waals surface area contributed by atoms with Gasteiger partial charge >= 0.3 is 0 Å². The Morgan fingerprint density at radius 3 is 2.25 bits per heavy atom. The third kappa shape index (κ3) is 5.24. The van der Waals surface area contributed by atoms with Crippen molar-refractivity contribution in [1.29, 1.82) is 0 Å². The smallest absolute Gasteiger partial charge is 0.119 e. The zero-order valence-corrected chi connectivity index (χ0v) is 10.7. The highest BCUT2D eigenvalue weighted by Gasteiger charge is 2.08. The second-order valence-corrected chi connectivity index (χ2v) is 4.22. The van der Waals surface area contributed by atoms with Gasteiger partial charge in [-0.05, 0) is 42.9 Å². The van der Waals surface area contributed by atoms with Gasteiger partial charge in [-0.15, -0.1) is 0 Å². The molecule has 0 rings (SSSR count). The summed E-state index contributed by atoms with van der Waals surface area (Å²) < 4.78 is 26.3. The molecular formula is C14H22F2. The van der Waals surface area contributed by atoms with Gasteiger partial charge in [0.25, 0.3) is 0 Å². The van der Waals surface area contributed by atoms with Gasteiger partial charge in [-0.2, -0.15) is 0 Å². The van der Waals surface area contributed by atoms with Gasteiger partial charge in [-0.3, -0.25) is 0 Å². The monoisotopic (exact) mass is 228 g/mol. The quantitative estimate of drug-likeness (QED) is 0.528. The molecule has 16 heavy (non-hydrogen) atoms. The first kappa shape index (κ1) is 15.1. The van der Waals surface area contributed by atoms with Crippen LogP contribution in [0, 0.1) is 5.92 Å². The Morgan fingerprint density at radius 1 is 1.31 bits per heavy atom. The molecule has 2 heteroatoms. The molecule has 1 unspecified atom stereocenters. The lowest BCUT2D eigenvalue weighted by Crippen LogP contribution is -1.97. The van der Waals surface area contributed by atoms with E-state index in [1.54, 1.807) is 13.8 Å². The standard InChI is InChI=1S/C14H22F2/c1-6-10(3)8-13(9-14(16)7-2)11(4)12(5)15/h9-10H,5-8H2,1-4H3/b13-11-,14-9+. The molecule has 0 saturated carbocycles. The van der Waals surface area contributed by atoms with Crippen molar-refractivity contribution in [3.05, 3.63) is 35.5 Å². The topological polar surface area (TPSA) is 0 Å². The van der Waals surface area contributed by atoms with Gasteiger partial charge < -0.3 is 0 Å². The van der Waals surface area contributed by atoms with E-state index >= 15 is 0 Å². The summed E-state index contributed by atoms with van der Waals surface area (Å²) in [5, 5.41) is 0. The minimum absolute atomic E-state index is 0.209. The minimum Gasteiger partial charge on any atom is -0.212 e. The van der Waals surface area contributed by atoms with Crippen LogP contribution in [0.25, 0.3) is 0 Å². The van der Waals surface area contributed by atoms with Crippen molar-refractivity contribution in [2.24, 2.45) is 5.92 Å². The molecule has 0 aromatic heterocycles. The Labute approximate surface area is 97.7 Å². The summed E-state index contributed by atoms with van der Waals surface area (Å²) in [6.07, 6.45) is 3.48. The third-order valence-electron chi connectivity index (χ3n) is 2.82. The first-order valence-electron chi connectivity index (χ1n) is 5.82. The first-order valence-corrected chi connectivity index (χ1v) is 5.82. The van der Waals surface area contributed by atoms with E-state index in [4.69, 9.17) is 0 Å². The third-order valence-corrected chi connectivity index (χ3v) is 2.82. The molecule has 0 N–H and O–H groups in total. The number of allylic oxidation sites excluding steroid dienone is 5. The van der Waals surface area contributed by atoms with Gasteiger partial charge in [-0.1, -0.05) is 33.8 Å². The maximum absolute atomic E-state index is 13.2. The molecule has 0 aromatic carbocycles. The van der Waals surface area contributed by atoms with E-state index in [0.29, 0.717) is 24.3 Å². The van der Waals surface area contributed by atoms with Gasteiger partial charge in [0.15, 0.2) is 0 Å². The molecule has 0 aromatic rings. The van der Waals surface area contributed by atoms with Gasteiger partial charge in [0.1, 0.15) is 5.83 Å². The zero-order chi connectivity index (χ0) is 12.7.